The molecule has 1 saturated heterocycles. The highest BCUT2D eigenvalue weighted by atomic mass is 35.5. The first-order chi connectivity index (χ1) is 12.2. The Morgan fingerprint density at radius 2 is 2.28 bits per heavy atom. The number of hydrogen-bond donors (Lipinski definition) is 1. The second-order valence-electron chi connectivity index (χ2n) is 5.87. The fourth-order valence-corrected chi connectivity index (χ4v) is 3.40. The Kier molecular flexibility index (Phi) is 4.15. The molecule has 0 aliphatic carbocycles. The van der Waals surface area contributed by atoms with E-state index in [0.29, 0.717) is 24.1 Å². The van der Waals surface area contributed by atoms with E-state index in [1.807, 2.05) is 24.3 Å². The van der Waals surface area contributed by atoms with Crippen molar-refractivity contribution in [3.63, 3.8) is 0 Å². The van der Waals surface area contributed by atoms with E-state index in [-0.39, 0.29) is 12.5 Å². The van der Waals surface area contributed by atoms with Crippen molar-refractivity contribution in [2.24, 2.45) is 0 Å². The van der Waals surface area contributed by atoms with Gasteiger partial charge in [0.15, 0.2) is 0 Å². The van der Waals surface area contributed by atoms with Gasteiger partial charge in [-0.05, 0) is 30.2 Å². The van der Waals surface area contributed by atoms with Crippen molar-refractivity contribution < 1.29 is 9.53 Å². The molecule has 0 bridgehead atoms. The number of nitrogens with one attached hydrogen (secondary N) is 1. The zero-order valence-electron chi connectivity index (χ0n) is 13.8. The molecule has 0 unspecified atom stereocenters. The lowest BCUT2D eigenvalue weighted by molar-refractivity contribution is -0.125. The van der Waals surface area contributed by atoms with Crippen LogP contribution in [0.25, 0.3) is 22.3 Å². The SMILES string of the molecule is CCc1c(Cl)[nH]c2ncc(-c3cccc(N4CCOCC4=O)n3)cc12. The molecule has 1 N–H and O–H groups in total. The highest BCUT2D eigenvalue weighted by Gasteiger charge is 2.21. The van der Waals surface area contributed by atoms with Gasteiger partial charge in [0.05, 0.1) is 18.8 Å². The number of anilines is 1. The smallest absolute Gasteiger partial charge is 0.254 e. The lowest BCUT2D eigenvalue weighted by Crippen LogP contribution is -2.42. The summed E-state index contributed by atoms with van der Waals surface area (Å²) in [5.74, 6) is 0.559. The van der Waals surface area contributed by atoms with Crippen molar-refractivity contribution in [2.45, 2.75) is 13.3 Å². The van der Waals surface area contributed by atoms with Gasteiger partial charge in [-0.1, -0.05) is 24.6 Å². The zero-order chi connectivity index (χ0) is 17.4. The van der Waals surface area contributed by atoms with E-state index in [2.05, 4.69) is 21.9 Å². The van der Waals surface area contributed by atoms with Crippen LogP contribution in [-0.4, -0.2) is 40.6 Å². The third-order valence-electron chi connectivity index (χ3n) is 4.35. The van der Waals surface area contributed by atoms with Crippen LogP contribution < -0.4 is 4.90 Å². The number of aromatic nitrogens is 3. The summed E-state index contributed by atoms with van der Waals surface area (Å²) in [7, 11) is 0. The number of rotatable bonds is 3. The summed E-state index contributed by atoms with van der Waals surface area (Å²) < 4.78 is 5.18. The van der Waals surface area contributed by atoms with Gasteiger partial charge in [-0.15, -0.1) is 0 Å². The largest absolute Gasteiger partial charge is 0.370 e. The van der Waals surface area contributed by atoms with Gasteiger partial charge < -0.3 is 9.72 Å². The van der Waals surface area contributed by atoms with Crippen molar-refractivity contribution in [1.82, 2.24) is 15.0 Å². The molecule has 25 heavy (non-hydrogen) atoms. The van der Waals surface area contributed by atoms with E-state index in [9.17, 15) is 4.79 Å². The molecule has 0 radical (unpaired) electrons. The van der Waals surface area contributed by atoms with Gasteiger partial charge in [-0.2, -0.15) is 0 Å². The van der Waals surface area contributed by atoms with Gasteiger partial charge in [-0.25, -0.2) is 9.97 Å². The zero-order valence-corrected chi connectivity index (χ0v) is 14.5. The number of carbonyl (C=O) groups excluding carboxylic acids is 1. The standard InChI is InChI=1S/C18H17ClN4O2/c1-2-12-13-8-11(9-20-18(13)22-17(12)19)14-4-3-5-15(21-14)23-6-7-25-10-16(23)24/h3-5,8-9H,2,6-7,10H2,1H3,(H,20,22). The number of amides is 1. The summed E-state index contributed by atoms with van der Waals surface area (Å²) >= 11 is 6.24. The van der Waals surface area contributed by atoms with Crippen LogP contribution in [0.3, 0.4) is 0 Å². The monoisotopic (exact) mass is 356 g/mol. The molecule has 4 rings (SSSR count). The first-order valence-corrected chi connectivity index (χ1v) is 8.57. The molecule has 3 aromatic rings. The number of pyridine rings is 2. The molecule has 1 aliphatic rings. The number of aryl methyl sites for hydroxylation is 1. The molecule has 0 spiro atoms. The summed E-state index contributed by atoms with van der Waals surface area (Å²) in [6.07, 6.45) is 2.58. The molecule has 0 aromatic carbocycles. The lowest BCUT2D eigenvalue weighted by Gasteiger charge is -2.26. The maximum absolute atomic E-state index is 12.0. The average molecular weight is 357 g/mol. The predicted molar refractivity (Wildman–Crippen MR) is 96.9 cm³/mol. The molecule has 6 nitrogen and oxygen atoms in total. The molecule has 4 heterocycles. The van der Waals surface area contributed by atoms with Gasteiger partial charge in [0, 0.05) is 17.1 Å². The quantitative estimate of drug-likeness (QED) is 0.782. The van der Waals surface area contributed by atoms with Gasteiger partial charge in [0.25, 0.3) is 5.91 Å². The van der Waals surface area contributed by atoms with Gasteiger partial charge in [0.1, 0.15) is 23.2 Å². The second kappa shape index (κ2) is 6.46. The lowest BCUT2D eigenvalue weighted by atomic mass is 10.1. The molecule has 0 saturated carbocycles. The first kappa shape index (κ1) is 16.1. The molecule has 1 fully saturated rings. The first-order valence-electron chi connectivity index (χ1n) is 8.19. The van der Waals surface area contributed by atoms with Crippen LogP contribution in [0.1, 0.15) is 12.5 Å². The molecule has 1 amide bonds. The Morgan fingerprint density at radius 3 is 3.08 bits per heavy atom. The Labute approximate surface area is 149 Å². The minimum atomic E-state index is -0.0739. The third-order valence-corrected chi connectivity index (χ3v) is 4.67. The maximum atomic E-state index is 12.0. The number of aromatic amines is 1. The number of halogens is 1. The second-order valence-corrected chi connectivity index (χ2v) is 6.25. The minimum absolute atomic E-state index is 0.0739. The average Bonchev–Trinajstić information content (AvgIpc) is 2.96. The van der Waals surface area contributed by atoms with E-state index in [0.717, 1.165) is 34.3 Å². The summed E-state index contributed by atoms with van der Waals surface area (Å²) in [5.41, 5.74) is 3.47. The van der Waals surface area contributed by atoms with Gasteiger partial charge >= 0.3 is 0 Å². The Balaban J connectivity index is 1.75. The summed E-state index contributed by atoms with van der Waals surface area (Å²) in [4.78, 5) is 25.9. The van der Waals surface area contributed by atoms with E-state index in [1.54, 1.807) is 11.1 Å². The fraction of sp³-hybridized carbons (Fsp3) is 0.278. The van der Waals surface area contributed by atoms with Crippen LogP contribution in [0.15, 0.2) is 30.5 Å². The molecule has 0 atom stereocenters. The molecule has 128 valence electrons. The highest BCUT2D eigenvalue weighted by molar-refractivity contribution is 6.31. The number of fused-ring (bicyclic) bond motifs is 1. The van der Waals surface area contributed by atoms with E-state index >= 15 is 0 Å². The summed E-state index contributed by atoms with van der Waals surface area (Å²) in [6.45, 7) is 3.19. The van der Waals surface area contributed by atoms with E-state index < -0.39 is 0 Å². The molecular weight excluding hydrogens is 340 g/mol. The Morgan fingerprint density at radius 1 is 1.40 bits per heavy atom. The normalized spacial score (nSPS) is 15.1. The number of H-pyrrole nitrogens is 1. The van der Waals surface area contributed by atoms with Crippen molar-refractivity contribution >= 4 is 34.4 Å². The molecular formula is C18H17ClN4O2. The Bertz CT molecular complexity index is 953. The topological polar surface area (TPSA) is 71.1 Å². The van der Waals surface area contributed by atoms with Crippen LogP contribution in [0.2, 0.25) is 5.15 Å². The van der Waals surface area contributed by atoms with Crippen LogP contribution in [0, 0.1) is 0 Å². The number of carbonyl (C=O) groups is 1. The number of morpholine rings is 1. The number of ether oxygens (including phenoxy) is 1. The van der Waals surface area contributed by atoms with Crippen molar-refractivity contribution in [2.75, 3.05) is 24.7 Å². The van der Waals surface area contributed by atoms with Crippen molar-refractivity contribution in [3.05, 3.63) is 41.2 Å². The maximum Gasteiger partial charge on any atom is 0.254 e. The van der Waals surface area contributed by atoms with E-state index in [1.165, 1.54) is 0 Å². The van der Waals surface area contributed by atoms with Crippen molar-refractivity contribution in [3.8, 4) is 11.3 Å². The van der Waals surface area contributed by atoms with E-state index in [4.69, 9.17) is 16.3 Å². The molecule has 3 aromatic heterocycles. The third kappa shape index (κ3) is 2.88. The summed E-state index contributed by atoms with van der Waals surface area (Å²) in [5, 5.41) is 1.63. The number of hydrogen-bond acceptors (Lipinski definition) is 4. The number of nitrogens with zero attached hydrogens (tertiary/aromatic N) is 3. The van der Waals surface area contributed by atoms with Crippen molar-refractivity contribution in [1.29, 1.82) is 0 Å². The predicted octanol–water partition coefficient (Wildman–Crippen LogP) is 3.20. The minimum Gasteiger partial charge on any atom is -0.370 e. The summed E-state index contributed by atoms with van der Waals surface area (Å²) in [6, 6.07) is 7.69. The van der Waals surface area contributed by atoms with Crippen LogP contribution in [-0.2, 0) is 16.0 Å². The van der Waals surface area contributed by atoms with Crippen LogP contribution in [0.4, 0.5) is 5.82 Å². The van der Waals surface area contributed by atoms with Crippen LogP contribution >= 0.6 is 11.6 Å². The molecule has 1 aliphatic heterocycles. The highest BCUT2D eigenvalue weighted by Crippen LogP contribution is 2.29. The van der Waals surface area contributed by atoms with Gasteiger partial charge in [0.2, 0.25) is 0 Å². The van der Waals surface area contributed by atoms with Gasteiger partial charge in [-0.3, -0.25) is 9.69 Å². The fourth-order valence-electron chi connectivity index (χ4n) is 3.07. The Hall–Kier alpha value is -2.44. The van der Waals surface area contributed by atoms with Crippen LogP contribution in [0.5, 0.6) is 0 Å². The molecule has 7 heteroatoms.